The summed E-state index contributed by atoms with van der Waals surface area (Å²) < 4.78 is 13.2. The molecule has 0 spiro atoms. The Morgan fingerprint density at radius 1 is 1.17 bits per heavy atom. The lowest BCUT2D eigenvalue weighted by Gasteiger charge is -2.06. The molecule has 2 aromatic carbocycles. The van der Waals surface area contributed by atoms with Crippen LogP contribution in [0.4, 0.5) is 4.39 Å². The topological polar surface area (TPSA) is 44.9 Å². The highest BCUT2D eigenvalue weighted by Crippen LogP contribution is 2.31. The Labute approximate surface area is 140 Å². The molecule has 0 aliphatic carbocycles. The van der Waals surface area contributed by atoms with Crippen LogP contribution in [0.3, 0.4) is 0 Å². The maximum atomic E-state index is 13.2. The number of aromatic amines is 1. The fraction of sp³-hybridized carbons (Fsp3) is 0.150. The molecular formula is C20H19FN2O. The van der Waals surface area contributed by atoms with Crippen molar-refractivity contribution in [2.24, 2.45) is 0 Å². The summed E-state index contributed by atoms with van der Waals surface area (Å²) in [5, 5.41) is 3.88. The van der Waals surface area contributed by atoms with Crippen LogP contribution >= 0.6 is 0 Å². The molecular weight excluding hydrogens is 303 g/mol. The van der Waals surface area contributed by atoms with E-state index < -0.39 is 0 Å². The number of aryl methyl sites for hydroxylation is 1. The number of carbonyl (C=O) groups excluding carboxylic acids is 1. The number of aromatic nitrogens is 1. The average Bonchev–Trinajstić information content (AvgIpc) is 2.97. The average molecular weight is 322 g/mol. The minimum atomic E-state index is -0.264. The normalized spacial score (nSPS) is 10.7. The van der Waals surface area contributed by atoms with Gasteiger partial charge in [-0.05, 0) is 47.9 Å². The summed E-state index contributed by atoms with van der Waals surface area (Å²) in [6.45, 7) is 4.06. The van der Waals surface area contributed by atoms with Crippen LogP contribution in [0.15, 0.2) is 61.2 Å². The van der Waals surface area contributed by atoms with Gasteiger partial charge in [-0.2, -0.15) is 0 Å². The van der Waals surface area contributed by atoms with Gasteiger partial charge in [0.1, 0.15) is 5.82 Å². The third-order valence-electron chi connectivity index (χ3n) is 3.99. The molecule has 3 nitrogen and oxygen atoms in total. The maximum absolute atomic E-state index is 13.2. The molecule has 0 radical (unpaired) electrons. The van der Waals surface area contributed by atoms with Crippen LogP contribution in [-0.2, 0) is 11.2 Å². The van der Waals surface area contributed by atoms with E-state index in [-0.39, 0.29) is 11.7 Å². The number of fused-ring (bicyclic) bond motifs is 1. The summed E-state index contributed by atoms with van der Waals surface area (Å²) in [5.41, 5.74) is 3.94. The largest absolute Gasteiger partial charge is 0.354 e. The lowest BCUT2D eigenvalue weighted by molar-refractivity contribution is -0.120. The molecule has 0 fully saturated rings. The Hall–Kier alpha value is -2.88. The van der Waals surface area contributed by atoms with Gasteiger partial charge in [-0.15, -0.1) is 6.58 Å². The second kappa shape index (κ2) is 7.13. The predicted octanol–water partition coefficient (Wildman–Crippen LogP) is 4.21. The van der Waals surface area contributed by atoms with Gasteiger partial charge < -0.3 is 10.3 Å². The first-order valence-corrected chi connectivity index (χ1v) is 7.92. The summed E-state index contributed by atoms with van der Waals surface area (Å²) in [7, 11) is 0. The molecule has 0 aliphatic rings. The molecule has 122 valence electrons. The monoisotopic (exact) mass is 322 g/mol. The molecule has 0 atom stereocenters. The SMILES string of the molecule is C=CCNC(=O)CCc1c(-c2ccc(F)cc2)[nH]c2ccccc12. The highest BCUT2D eigenvalue weighted by Gasteiger charge is 2.14. The van der Waals surface area contributed by atoms with Crippen LogP contribution in [0, 0.1) is 5.82 Å². The Morgan fingerprint density at radius 2 is 1.92 bits per heavy atom. The van der Waals surface area contributed by atoms with E-state index in [0.29, 0.717) is 19.4 Å². The highest BCUT2D eigenvalue weighted by atomic mass is 19.1. The summed E-state index contributed by atoms with van der Waals surface area (Å²) >= 11 is 0. The number of benzene rings is 2. The van der Waals surface area contributed by atoms with Crippen LogP contribution in [0.1, 0.15) is 12.0 Å². The molecule has 1 heterocycles. The fourth-order valence-electron chi connectivity index (χ4n) is 2.84. The molecule has 1 aromatic heterocycles. The van der Waals surface area contributed by atoms with Gasteiger partial charge in [0.15, 0.2) is 0 Å². The lowest BCUT2D eigenvalue weighted by atomic mass is 10.0. The summed E-state index contributed by atoms with van der Waals surface area (Å²) in [6.07, 6.45) is 2.66. The first-order chi connectivity index (χ1) is 11.7. The molecule has 0 saturated heterocycles. The van der Waals surface area contributed by atoms with Crippen molar-refractivity contribution in [1.29, 1.82) is 0 Å². The smallest absolute Gasteiger partial charge is 0.220 e. The zero-order valence-electron chi connectivity index (χ0n) is 13.3. The van der Waals surface area contributed by atoms with E-state index in [4.69, 9.17) is 0 Å². The maximum Gasteiger partial charge on any atom is 0.220 e. The molecule has 4 heteroatoms. The van der Waals surface area contributed by atoms with E-state index in [1.54, 1.807) is 18.2 Å². The molecule has 0 aliphatic heterocycles. The number of nitrogens with one attached hydrogen (secondary N) is 2. The van der Waals surface area contributed by atoms with Crippen LogP contribution < -0.4 is 5.32 Å². The minimum Gasteiger partial charge on any atom is -0.354 e. The van der Waals surface area contributed by atoms with E-state index in [2.05, 4.69) is 16.9 Å². The Balaban J connectivity index is 1.94. The van der Waals surface area contributed by atoms with E-state index in [9.17, 15) is 9.18 Å². The second-order valence-electron chi connectivity index (χ2n) is 5.62. The zero-order valence-corrected chi connectivity index (χ0v) is 13.3. The third kappa shape index (κ3) is 3.38. The molecule has 24 heavy (non-hydrogen) atoms. The highest BCUT2D eigenvalue weighted by molar-refractivity contribution is 5.91. The minimum absolute atomic E-state index is 0.00904. The summed E-state index contributed by atoms with van der Waals surface area (Å²) in [6, 6.07) is 14.4. The number of hydrogen-bond acceptors (Lipinski definition) is 1. The van der Waals surface area contributed by atoms with Crippen molar-refractivity contribution in [2.45, 2.75) is 12.8 Å². The van der Waals surface area contributed by atoms with E-state index in [0.717, 1.165) is 27.7 Å². The first-order valence-electron chi connectivity index (χ1n) is 7.92. The van der Waals surface area contributed by atoms with Crippen molar-refractivity contribution < 1.29 is 9.18 Å². The van der Waals surface area contributed by atoms with Crippen molar-refractivity contribution in [3.05, 3.63) is 72.6 Å². The Bertz CT molecular complexity index is 865. The van der Waals surface area contributed by atoms with Gasteiger partial charge in [0.05, 0.1) is 0 Å². The zero-order chi connectivity index (χ0) is 16.9. The van der Waals surface area contributed by atoms with Crippen molar-refractivity contribution >= 4 is 16.8 Å². The van der Waals surface area contributed by atoms with Crippen LogP contribution in [0.25, 0.3) is 22.2 Å². The lowest BCUT2D eigenvalue weighted by Crippen LogP contribution is -2.23. The van der Waals surface area contributed by atoms with E-state index >= 15 is 0 Å². The molecule has 0 unspecified atom stereocenters. The van der Waals surface area contributed by atoms with Gasteiger partial charge >= 0.3 is 0 Å². The molecule has 0 saturated carbocycles. The quantitative estimate of drug-likeness (QED) is 0.656. The van der Waals surface area contributed by atoms with Crippen molar-refractivity contribution in [3.63, 3.8) is 0 Å². The third-order valence-corrected chi connectivity index (χ3v) is 3.99. The second-order valence-corrected chi connectivity index (χ2v) is 5.62. The summed E-state index contributed by atoms with van der Waals surface area (Å²) in [4.78, 5) is 15.3. The molecule has 1 amide bonds. The van der Waals surface area contributed by atoms with Gasteiger partial charge in [-0.25, -0.2) is 4.39 Å². The fourth-order valence-corrected chi connectivity index (χ4v) is 2.84. The standard InChI is InChI=1S/C20H19FN2O/c1-2-13-22-19(24)12-11-17-16-5-3-4-6-18(16)23-20(17)14-7-9-15(21)10-8-14/h2-10,23H,1,11-13H2,(H,22,24). The molecule has 2 N–H and O–H groups in total. The first kappa shape index (κ1) is 16.0. The number of para-hydroxylation sites is 1. The Morgan fingerprint density at radius 3 is 2.67 bits per heavy atom. The number of halogens is 1. The predicted molar refractivity (Wildman–Crippen MR) is 95.2 cm³/mol. The number of rotatable bonds is 6. The van der Waals surface area contributed by atoms with E-state index in [1.165, 1.54) is 12.1 Å². The van der Waals surface area contributed by atoms with Crippen molar-refractivity contribution in [3.8, 4) is 11.3 Å². The van der Waals surface area contributed by atoms with Gasteiger partial charge in [0.2, 0.25) is 5.91 Å². The number of hydrogen-bond donors (Lipinski definition) is 2. The van der Waals surface area contributed by atoms with Crippen molar-refractivity contribution in [1.82, 2.24) is 10.3 Å². The van der Waals surface area contributed by atoms with Gasteiger partial charge in [-0.1, -0.05) is 24.3 Å². The van der Waals surface area contributed by atoms with Crippen LogP contribution in [-0.4, -0.2) is 17.4 Å². The van der Waals surface area contributed by atoms with E-state index in [1.807, 2.05) is 24.3 Å². The molecule has 0 bridgehead atoms. The van der Waals surface area contributed by atoms with Gasteiger partial charge in [0.25, 0.3) is 0 Å². The van der Waals surface area contributed by atoms with Crippen LogP contribution in [0.2, 0.25) is 0 Å². The Kier molecular flexibility index (Phi) is 4.75. The molecule has 3 rings (SSSR count). The molecule has 3 aromatic rings. The number of H-pyrrole nitrogens is 1. The van der Waals surface area contributed by atoms with Crippen LogP contribution in [0.5, 0.6) is 0 Å². The number of carbonyl (C=O) groups is 1. The number of amides is 1. The summed E-state index contributed by atoms with van der Waals surface area (Å²) in [5.74, 6) is -0.273. The van der Waals surface area contributed by atoms with Gasteiger partial charge in [0, 0.05) is 29.6 Å². The van der Waals surface area contributed by atoms with Crippen molar-refractivity contribution in [2.75, 3.05) is 6.54 Å². The van der Waals surface area contributed by atoms with Gasteiger partial charge in [-0.3, -0.25) is 4.79 Å².